The van der Waals surface area contributed by atoms with E-state index < -0.39 is 5.97 Å². The maximum absolute atomic E-state index is 11.8. The van der Waals surface area contributed by atoms with E-state index in [-0.39, 0.29) is 19.1 Å². The maximum atomic E-state index is 11.8. The number of hydrogen-bond donors (Lipinski definition) is 3. The second-order valence-corrected chi connectivity index (χ2v) is 4.58. The molecule has 0 aromatic rings. The minimum absolute atomic E-state index is 0.0114. The number of amides is 2. The molecule has 1 aliphatic rings. The number of carbonyl (C=O) groups excluding carboxylic acids is 1. The SMILES string of the molecule is O=C(O)CCCCCNC(=O)N(CCO)C1CC1. The van der Waals surface area contributed by atoms with Gasteiger partial charge in [0.05, 0.1) is 6.61 Å². The van der Waals surface area contributed by atoms with E-state index in [4.69, 9.17) is 10.2 Å². The molecule has 0 aromatic carbocycles. The van der Waals surface area contributed by atoms with Crippen LogP contribution in [0.25, 0.3) is 0 Å². The van der Waals surface area contributed by atoms with E-state index in [0.29, 0.717) is 25.6 Å². The smallest absolute Gasteiger partial charge is 0.317 e. The number of nitrogens with one attached hydrogen (secondary N) is 1. The normalized spacial score (nSPS) is 14.3. The van der Waals surface area contributed by atoms with Crippen LogP contribution in [0.2, 0.25) is 0 Å². The van der Waals surface area contributed by atoms with Crippen LogP contribution in [0.5, 0.6) is 0 Å². The van der Waals surface area contributed by atoms with Crippen LogP contribution in [0, 0.1) is 0 Å². The van der Waals surface area contributed by atoms with Crippen molar-refractivity contribution in [2.24, 2.45) is 0 Å². The number of rotatable bonds is 9. The van der Waals surface area contributed by atoms with Crippen molar-refractivity contribution in [2.75, 3.05) is 19.7 Å². The first-order valence-corrected chi connectivity index (χ1v) is 6.52. The molecule has 0 radical (unpaired) electrons. The average molecular weight is 258 g/mol. The van der Waals surface area contributed by atoms with Gasteiger partial charge in [0.1, 0.15) is 0 Å². The molecule has 0 atom stereocenters. The lowest BCUT2D eigenvalue weighted by Crippen LogP contribution is -2.43. The Morgan fingerprint density at radius 1 is 1.22 bits per heavy atom. The number of aliphatic hydroxyl groups excluding tert-OH is 1. The third kappa shape index (κ3) is 5.86. The number of carboxylic acids is 1. The number of carboxylic acid groups (broad SMARTS) is 1. The summed E-state index contributed by atoms with van der Waals surface area (Å²) in [6, 6.07) is 0.175. The van der Waals surface area contributed by atoms with Gasteiger partial charge in [-0.1, -0.05) is 6.42 Å². The molecule has 0 bridgehead atoms. The number of unbranched alkanes of at least 4 members (excludes halogenated alkanes) is 2. The first-order valence-electron chi connectivity index (χ1n) is 6.52. The van der Waals surface area contributed by atoms with Gasteiger partial charge in [-0.2, -0.15) is 0 Å². The lowest BCUT2D eigenvalue weighted by atomic mass is 10.2. The summed E-state index contributed by atoms with van der Waals surface area (Å²) in [6.45, 7) is 0.936. The van der Waals surface area contributed by atoms with Gasteiger partial charge >= 0.3 is 12.0 Å². The van der Waals surface area contributed by atoms with Gasteiger partial charge in [0.15, 0.2) is 0 Å². The Labute approximate surface area is 107 Å². The maximum Gasteiger partial charge on any atom is 0.317 e. The van der Waals surface area contributed by atoms with Gasteiger partial charge in [0, 0.05) is 25.6 Å². The molecule has 1 saturated carbocycles. The lowest BCUT2D eigenvalue weighted by Gasteiger charge is -2.21. The molecular weight excluding hydrogens is 236 g/mol. The molecule has 1 rings (SSSR count). The van der Waals surface area contributed by atoms with Crippen molar-refractivity contribution in [3.63, 3.8) is 0 Å². The van der Waals surface area contributed by atoms with Crippen molar-refractivity contribution >= 4 is 12.0 Å². The molecule has 1 fully saturated rings. The zero-order chi connectivity index (χ0) is 13.4. The predicted octanol–water partition coefficient (Wildman–Crippen LogP) is 0.798. The van der Waals surface area contributed by atoms with Gasteiger partial charge in [-0.15, -0.1) is 0 Å². The van der Waals surface area contributed by atoms with Crippen molar-refractivity contribution < 1.29 is 19.8 Å². The van der Waals surface area contributed by atoms with Crippen molar-refractivity contribution in [3.8, 4) is 0 Å². The number of aliphatic hydroxyl groups is 1. The summed E-state index contributed by atoms with van der Waals surface area (Å²) in [6.07, 6.45) is 4.46. The van der Waals surface area contributed by atoms with Crippen LogP contribution >= 0.6 is 0 Å². The number of urea groups is 1. The zero-order valence-corrected chi connectivity index (χ0v) is 10.6. The largest absolute Gasteiger partial charge is 0.481 e. The van der Waals surface area contributed by atoms with Crippen LogP contribution < -0.4 is 5.32 Å². The van der Waals surface area contributed by atoms with Crippen LogP contribution in [0.3, 0.4) is 0 Å². The first-order chi connectivity index (χ1) is 8.65. The fourth-order valence-electron chi connectivity index (χ4n) is 1.82. The van der Waals surface area contributed by atoms with Crippen molar-refractivity contribution in [2.45, 2.75) is 44.6 Å². The molecule has 2 amide bonds. The van der Waals surface area contributed by atoms with Gasteiger partial charge in [0.2, 0.25) is 0 Å². The van der Waals surface area contributed by atoms with Crippen molar-refractivity contribution in [3.05, 3.63) is 0 Å². The fourth-order valence-corrected chi connectivity index (χ4v) is 1.82. The summed E-state index contributed by atoms with van der Waals surface area (Å²) in [5, 5.41) is 20.1. The molecule has 6 heteroatoms. The summed E-state index contributed by atoms with van der Waals surface area (Å²) >= 11 is 0. The number of carbonyl (C=O) groups is 2. The van der Waals surface area contributed by atoms with Crippen LogP contribution in [-0.4, -0.2) is 52.9 Å². The molecule has 6 nitrogen and oxygen atoms in total. The molecule has 0 saturated heterocycles. The molecule has 0 spiro atoms. The van der Waals surface area contributed by atoms with Crippen LogP contribution in [0.15, 0.2) is 0 Å². The molecule has 0 aromatic heterocycles. The first kappa shape index (κ1) is 14.8. The van der Waals surface area contributed by atoms with Gasteiger partial charge in [-0.05, 0) is 25.7 Å². The number of nitrogens with zero attached hydrogens (tertiary/aromatic N) is 1. The van der Waals surface area contributed by atoms with E-state index in [1.807, 2.05) is 0 Å². The van der Waals surface area contributed by atoms with E-state index >= 15 is 0 Å². The van der Waals surface area contributed by atoms with E-state index in [1.54, 1.807) is 4.90 Å². The Morgan fingerprint density at radius 2 is 1.94 bits per heavy atom. The quantitative estimate of drug-likeness (QED) is 0.533. The second-order valence-electron chi connectivity index (χ2n) is 4.58. The highest BCUT2D eigenvalue weighted by Gasteiger charge is 2.31. The summed E-state index contributed by atoms with van der Waals surface area (Å²) in [7, 11) is 0. The molecule has 3 N–H and O–H groups in total. The zero-order valence-electron chi connectivity index (χ0n) is 10.6. The van der Waals surface area contributed by atoms with Gasteiger partial charge < -0.3 is 20.4 Å². The standard InChI is InChI=1S/C12H22N2O4/c15-9-8-14(10-5-6-10)12(18)13-7-3-1-2-4-11(16)17/h10,15H,1-9H2,(H,13,18)(H,16,17). The predicted molar refractivity (Wildman–Crippen MR) is 66.3 cm³/mol. The molecule has 0 unspecified atom stereocenters. The Kier molecular flexibility index (Phi) is 6.49. The van der Waals surface area contributed by atoms with E-state index in [9.17, 15) is 9.59 Å². The molecular formula is C12H22N2O4. The van der Waals surface area contributed by atoms with E-state index in [1.165, 1.54) is 0 Å². The highest BCUT2D eigenvalue weighted by Crippen LogP contribution is 2.26. The Bertz CT molecular complexity index is 279. The monoisotopic (exact) mass is 258 g/mol. The lowest BCUT2D eigenvalue weighted by molar-refractivity contribution is -0.137. The molecule has 0 heterocycles. The van der Waals surface area contributed by atoms with E-state index in [2.05, 4.69) is 5.32 Å². The fraction of sp³-hybridized carbons (Fsp3) is 0.833. The minimum atomic E-state index is -0.776. The highest BCUT2D eigenvalue weighted by atomic mass is 16.4. The summed E-state index contributed by atoms with van der Waals surface area (Å²) < 4.78 is 0. The third-order valence-corrected chi connectivity index (χ3v) is 2.93. The van der Waals surface area contributed by atoms with Gasteiger partial charge in [-0.25, -0.2) is 4.79 Å². The average Bonchev–Trinajstić information content (AvgIpc) is 3.14. The highest BCUT2D eigenvalue weighted by molar-refractivity contribution is 5.74. The van der Waals surface area contributed by atoms with Gasteiger partial charge in [-0.3, -0.25) is 4.79 Å². The summed E-state index contributed by atoms with van der Waals surface area (Å²) in [5.41, 5.74) is 0. The summed E-state index contributed by atoms with van der Waals surface area (Å²) in [5.74, 6) is -0.776. The molecule has 18 heavy (non-hydrogen) atoms. The number of hydrogen-bond acceptors (Lipinski definition) is 3. The Balaban J connectivity index is 2.06. The topological polar surface area (TPSA) is 89.9 Å². The van der Waals surface area contributed by atoms with Crippen LogP contribution in [0.1, 0.15) is 38.5 Å². The summed E-state index contributed by atoms with van der Waals surface area (Å²) in [4.78, 5) is 23.7. The van der Waals surface area contributed by atoms with Gasteiger partial charge in [0.25, 0.3) is 0 Å². The Morgan fingerprint density at radius 3 is 2.50 bits per heavy atom. The van der Waals surface area contributed by atoms with E-state index in [0.717, 1.165) is 25.7 Å². The van der Waals surface area contributed by atoms with Crippen molar-refractivity contribution in [1.82, 2.24) is 10.2 Å². The minimum Gasteiger partial charge on any atom is -0.481 e. The number of aliphatic carboxylic acids is 1. The molecule has 1 aliphatic carbocycles. The van der Waals surface area contributed by atoms with Crippen molar-refractivity contribution in [1.29, 1.82) is 0 Å². The van der Waals surface area contributed by atoms with Crippen LogP contribution in [-0.2, 0) is 4.79 Å². The van der Waals surface area contributed by atoms with Crippen LogP contribution in [0.4, 0.5) is 4.79 Å². The molecule has 104 valence electrons. The Hall–Kier alpha value is -1.30. The second kappa shape index (κ2) is 7.92. The third-order valence-electron chi connectivity index (χ3n) is 2.93. The molecule has 0 aliphatic heterocycles.